The molecule has 3 heterocycles. The number of anilines is 3. The third-order valence-electron chi connectivity index (χ3n) is 5.36. The molecule has 1 fully saturated rings. The lowest BCUT2D eigenvalue weighted by Gasteiger charge is -2.24. The van der Waals surface area contributed by atoms with E-state index in [1.165, 1.54) is 12.5 Å². The molecule has 0 saturated carbocycles. The Labute approximate surface area is 183 Å². The molecular formula is C24H28N6O. The van der Waals surface area contributed by atoms with Gasteiger partial charge in [0, 0.05) is 30.5 Å². The molecule has 7 nitrogen and oxygen atoms in total. The second-order valence-electron chi connectivity index (χ2n) is 8.05. The molecule has 1 saturated heterocycles. The average molecular weight is 417 g/mol. The van der Waals surface area contributed by atoms with Crippen molar-refractivity contribution >= 4 is 23.4 Å². The first-order valence-electron chi connectivity index (χ1n) is 10.6. The number of likely N-dealkylation sites (tertiary alicyclic amines) is 1. The van der Waals surface area contributed by atoms with Crippen molar-refractivity contribution in [3.8, 4) is 0 Å². The number of hydrogen-bond donors (Lipinski definition) is 2. The molecule has 3 aromatic rings. The molecule has 7 heteroatoms. The van der Waals surface area contributed by atoms with Gasteiger partial charge in [-0.25, -0.2) is 15.0 Å². The summed E-state index contributed by atoms with van der Waals surface area (Å²) in [7, 11) is 0. The van der Waals surface area contributed by atoms with Gasteiger partial charge in [-0.3, -0.25) is 9.69 Å². The van der Waals surface area contributed by atoms with Gasteiger partial charge in [-0.1, -0.05) is 18.2 Å². The van der Waals surface area contributed by atoms with Crippen LogP contribution in [0.5, 0.6) is 0 Å². The predicted molar refractivity (Wildman–Crippen MR) is 122 cm³/mol. The van der Waals surface area contributed by atoms with Gasteiger partial charge in [0.15, 0.2) is 0 Å². The zero-order chi connectivity index (χ0) is 21.8. The van der Waals surface area contributed by atoms with Crippen LogP contribution in [-0.2, 0) is 11.3 Å². The van der Waals surface area contributed by atoms with Crippen LogP contribution in [0, 0.1) is 13.8 Å². The van der Waals surface area contributed by atoms with Crippen LogP contribution in [0.1, 0.15) is 48.5 Å². The van der Waals surface area contributed by atoms with Crippen LogP contribution in [0.4, 0.5) is 17.5 Å². The number of hydrogen-bond acceptors (Lipinski definition) is 6. The molecule has 2 N–H and O–H groups in total. The van der Waals surface area contributed by atoms with Crippen LogP contribution < -0.4 is 10.6 Å². The highest BCUT2D eigenvalue weighted by molar-refractivity contribution is 5.88. The summed E-state index contributed by atoms with van der Waals surface area (Å²) in [6.07, 6.45) is 2.23. The summed E-state index contributed by atoms with van der Waals surface area (Å²) >= 11 is 0. The Kier molecular flexibility index (Phi) is 6.23. The molecule has 0 bridgehead atoms. The van der Waals surface area contributed by atoms with E-state index in [1.54, 1.807) is 0 Å². The maximum absolute atomic E-state index is 11.2. The van der Waals surface area contributed by atoms with E-state index in [9.17, 15) is 4.79 Å². The smallest absolute Gasteiger partial charge is 0.228 e. The number of amides is 1. The van der Waals surface area contributed by atoms with E-state index >= 15 is 0 Å². The van der Waals surface area contributed by atoms with Gasteiger partial charge in [0.05, 0.1) is 11.7 Å². The lowest BCUT2D eigenvalue weighted by molar-refractivity contribution is -0.114. The van der Waals surface area contributed by atoms with Gasteiger partial charge in [-0.05, 0) is 69.1 Å². The minimum Gasteiger partial charge on any atom is -0.326 e. The molecule has 1 unspecified atom stereocenters. The summed E-state index contributed by atoms with van der Waals surface area (Å²) in [5.41, 5.74) is 4.96. The van der Waals surface area contributed by atoms with E-state index in [1.807, 2.05) is 44.2 Å². The Hall–Kier alpha value is -3.32. The van der Waals surface area contributed by atoms with Crippen molar-refractivity contribution in [2.75, 3.05) is 17.2 Å². The molecule has 0 spiro atoms. The number of benzene rings is 1. The van der Waals surface area contributed by atoms with Gasteiger partial charge >= 0.3 is 0 Å². The number of nitrogens with zero attached hydrogens (tertiary/aromatic N) is 4. The van der Waals surface area contributed by atoms with Crippen molar-refractivity contribution in [3.63, 3.8) is 0 Å². The fourth-order valence-corrected chi connectivity index (χ4v) is 4.08. The van der Waals surface area contributed by atoms with Crippen molar-refractivity contribution in [2.45, 2.75) is 46.2 Å². The topological polar surface area (TPSA) is 83.0 Å². The summed E-state index contributed by atoms with van der Waals surface area (Å²) < 4.78 is 0. The second-order valence-corrected chi connectivity index (χ2v) is 8.05. The monoisotopic (exact) mass is 416 g/mol. The molecule has 1 aromatic carbocycles. The molecule has 1 amide bonds. The number of aryl methyl sites for hydroxylation is 2. The Bertz CT molecular complexity index is 1050. The highest BCUT2D eigenvalue weighted by atomic mass is 16.1. The van der Waals surface area contributed by atoms with Crippen LogP contribution in [0.15, 0.2) is 48.5 Å². The zero-order valence-corrected chi connectivity index (χ0v) is 18.2. The van der Waals surface area contributed by atoms with Crippen LogP contribution in [0.3, 0.4) is 0 Å². The van der Waals surface area contributed by atoms with Crippen molar-refractivity contribution in [3.05, 3.63) is 71.2 Å². The van der Waals surface area contributed by atoms with Crippen LogP contribution in [0.25, 0.3) is 0 Å². The standard InChI is InChI=1S/C24H28N6O/c1-16-14-17(2)26-24(25-16)29-23-8-4-6-21(28-23)22-7-5-13-30(22)15-19-9-11-20(12-10-19)27-18(3)31/h4,6,8-12,14,22H,5,7,13,15H2,1-3H3,(H,27,31)(H,25,26,28,29). The summed E-state index contributed by atoms with van der Waals surface area (Å²) in [4.78, 5) is 27.5. The fourth-order valence-electron chi connectivity index (χ4n) is 4.08. The van der Waals surface area contributed by atoms with Crippen LogP contribution >= 0.6 is 0 Å². The summed E-state index contributed by atoms with van der Waals surface area (Å²) in [6, 6.07) is 16.4. The third-order valence-corrected chi connectivity index (χ3v) is 5.36. The van der Waals surface area contributed by atoms with Crippen molar-refractivity contribution in [1.82, 2.24) is 19.9 Å². The molecule has 4 rings (SSSR count). The number of nitrogens with one attached hydrogen (secondary N) is 2. The Morgan fingerprint density at radius 1 is 1.06 bits per heavy atom. The summed E-state index contributed by atoms with van der Waals surface area (Å²) in [5, 5.41) is 6.06. The van der Waals surface area contributed by atoms with E-state index in [2.05, 4.69) is 43.7 Å². The molecule has 2 aromatic heterocycles. The SMILES string of the molecule is CC(=O)Nc1ccc(CN2CCCC2c2cccc(Nc3nc(C)cc(C)n3)n2)cc1. The van der Waals surface area contributed by atoms with Crippen LogP contribution in [-0.4, -0.2) is 32.3 Å². The number of carbonyl (C=O) groups excluding carboxylic acids is 1. The summed E-state index contributed by atoms with van der Waals surface area (Å²) in [6.45, 7) is 7.33. The first-order chi connectivity index (χ1) is 15.0. The quantitative estimate of drug-likeness (QED) is 0.614. The molecule has 1 atom stereocenters. The molecule has 1 aliphatic rings. The molecule has 0 radical (unpaired) electrons. The van der Waals surface area contributed by atoms with E-state index in [4.69, 9.17) is 4.98 Å². The molecule has 0 aliphatic carbocycles. The first kappa shape index (κ1) is 20.9. The van der Waals surface area contributed by atoms with Gasteiger partial charge in [-0.2, -0.15) is 0 Å². The van der Waals surface area contributed by atoms with Gasteiger partial charge < -0.3 is 10.6 Å². The van der Waals surface area contributed by atoms with Crippen molar-refractivity contribution < 1.29 is 4.79 Å². The van der Waals surface area contributed by atoms with E-state index in [0.717, 1.165) is 54.5 Å². The highest BCUT2D eigenvalue weighted by Crippen LogP contribution is 2.33. The van der Waals surface area contributed by atoms with E-state index in [-0.39, 0.29) is 11.9 Å². The second kappa shape index (κ2) is 9.22. The third kappa shape index (κ3) is 5.44. The normalized spacial score (nSPS) is 16.3. The summed E-state index contributed by atoms with van der Waals surface area (Å²) in [5.74, 6) is 1.27. The largest absolute Gasteiger partial charge is 0.326 e. The van der Waals surface area contributed by atoms with Gasteiger partial charge in [0.1, 0.15) is 5.82 Å². The zero-order valence-electron chi connectivity index (χ0n) is 18.2. The van der Waals surface area contributed by atoms with Crippen molar-refractivity contribution in [2.24, 2.45) is 0 Å². The van der Waals surface area contributed by atoms with Gasteiger partial charge in [0.25, 0.3) is 0 Å². The lowest BCUT2D eigenvalue weighted by atomic mass is 10.1. The maximum Gasteiger partial charge on any atom is 0.228 e. The molecule has 160 valence electrons. The number of pyridine rings is 1. The number of aromatic nitrogens is 3. The molecule has 1 aliphatic heterocycles. The van der Waals surface area contributed by atoms with E-state index in [0.29, 0.717) is 5.95 Å². The lowest BCUT2D eigenvalue weighted by Crippen LogP contribution is -2.23. The van der Waals surface area contributed by atoms with Crippen molar-refractivity contribution in [1.29, 1.82) is 0 Å². The minimum absolute atomic E-state index is 0.0573. The number of carbonyl (C=O) groups is 1. The fraction of sp³-hybridized carbons (Fsp3) is 0.333. The first-order valence-corrected chi connectivity index (χ1v) is 10.6. The van der Waals surface area contributed by atoms with Gasteiger partial charge in [0.2, 0.25) is 11.9 Å². The minimum atomic E-state index is -0.0573. The van der Waals surface area contributed by atoms with Gasteiger partial charge in [-0.15, -0.1) is 0 Å². The Morgan fingerprint density at radius 2 is 1.81 bits per heavy atom. The number of rotatable bonds is 6. The van der Waals surface area contributed by atoms with E-state index < -0.39 is 0 Å². The highest BCUT2D eigenvalue weighted by Gasteiger charge is 2.27. The Morgan fingerprint density at radius 3 is 2.52 bits per heavy atom. The molecule has 31 heavy (non-hydrogen) atoms. The van der Waals surface area contributed by atoms with Crippen LogP contribution in [0.2, 0.25) is 0 Å². The predicted octanol–water partition coefficient (Wildman–Crippen LogP) is 4.53. The maximum atomic E-state index is 11.2. The Balaban J connectivity index is 1.47. The molecular weight excluding hydrogens is 388 g/mol. The average Bonchev–Trinajstić information content (AvgIpc) is 3.17.